The highest BCUT2D eigenvalue weighted by molar-refractivity contribution is 7.91. The Balaban J connectivity index is 1.41. The van der Waals surface area contributed by atoms with Gasteiger partial charge in [-0.25, -0.2) is 12.8 Å². The Morgan fingerprint density at radius 3 is 2.84 bits per heavy atom. The molecule has 0 aliphatic carbocycles. The number of hydrogen-bond acceptors (Lipinski definition) is 7. The van der Waals surface area contributed by atoms with Crippen molar-refractivity contribution in [2.75, 3.05) is 13.1 Å². The van der Waals surface area contributed by atoms with Gasteiger partial charge in [-0.1, -0.05) is 24.2 Å². The summed E-state index contributed by atoms with van der Waals surface area (Å²) in [4.78, 5) is 16.9. The fraction of sp³-hybridized carbons (Fsp3) is 0.381. The number of carbonyl (C=O) groups excluding carboxylic acids is 1. The molecule has 1 saturated heterocycles. The first-order chi connectivity index (χ1) is 15.4. The molecule has 1 atom stereocenters. The number of aryl methyl sites for hydroxylation is 1. The summed E-state index contributed by atoms with van der Waals surface area (Å²) in [6, 6.07) is 7.43. The molecule has 0 bridgehead atoms. The van der Waals surface area contributed by atoms with Crippen LogP contribution in [0.3, 0.4) is 0 Å². The molecule has 170 valence electrons. The third kappa shape index (κ3) is 4.89. The molecule has 1 N–H and O–H groups in total. The number of amides is 1. The second kappa shape index (κ2) is 9.47. The van der Waals surface area contributed by atoms with Crippen LogP contribution in [0, 0.1) is 11.7 Å². The van der Waals surface area contributed by atoms with E-state index in [0.717, 1.165) is 16.9 Å². The van der Waals surface area contributed by atoms with Gasteiger partial charge in [0.25, 0.3) is 10.0 Å². The minimum absolute atomic E-state index is 0.118. The van der Waals surface area contributed by atoms with E-state index >= 15 is 0 Å². The molecular formula is C21H23FN4O4S2. The molecule has 0 spiro atoms. The van der Waals surface area contributed by atoms with Gasteiger partial charge in [-0.05, 0) is 36.6 Å². The van der Waals surface area contributed by atoms with Gasteiger partial charge in [0.05, 0.1) is 5.92 Å². The SMILES string of the molecule is CCc1nc(-c2csc(S(=O)(=O)N3CCC[C@@H](C(=O)NCc4ccc(F)cc4)C3)c2)no1. The average Bonchev–Trinajstić information content (AvgIpc) is 3.48. The van der Waals surface area contributed by atoms with Crippen LogP contribution in [0.15, 0.2) is 44.4 Å². The smallest absolute Gasteiger partial charge is 0.252 e. The summed E-state index contributed by atoms with van der Waals surface area (Å²) in [5.41, 5.74) is 1.36. The Hall–Kier alpha value is -2.63. The van der Waals surface area contributed by atoms with Crippen molar-refractivity contribution in [2.24, 2.45) is 5.92 Å². The van der Waals surface area contributed by atoms with E-state index in [0.29, 0.717) is 43.1 Å². The van der Waals surface area contributed by atoms with Gasteiger partial charge >= 0.3 is 0 Å². The Morgan fingerprint density at radius 1 is 1.34 bits per heavy atom. The first kappa shape index (κ1) is 22.6. The normalized spacial score (nSPS) is 17.4. The summed E-state index contributed by atoms with van der Waals surface area (Å²) < 4.78 is 46.0. The molecule has 2 aromatic heterocycles. The highest BCUT2D eigenvalue weighted by Gasteiger charge is 2.34. The predicted octanol–water partition coefficient (Wildman–Crippen LogP) is 3.22. The van der Waals surface area contributed by atoms with Crippen LogP contribution in [-0.2, 0) is 27.8 Å². The van der Waals surface area contributed by atoms with Crippen molar-refractivity contribution in [1.82, 2.24) is 19.8 Å². The number of aromatic nitrogens is 2. The molecule has 1 aliphatic heterocycles. The number of nitrogens with one attached hydrogen (secondary N) is 1. The predicted molar refractivity (Wildman–Crippen MR) is 117 cm³/mol. The van der Waals surface area contributed by atoms with Gasteiger partial charge in [0.1, 0.15) is 10.0 Å². The number of carbonyl (C=O) groups is 1. The van der Waals surface area contributed by atoms with E-state index in [9.17, 15) is 17.6 Å². The minimum Gasteiger partial charge on any atom is -0.352 e. The number of halogens is 1. The van der Waals surface area contributed by atoms with Crippen molar-refractivity contribution < 1.29 is 22.1 Å². The standard InChI is InChI=1S/C21H23FN4O4S2/c1-2-18-24-20(25-30-18)16-10-19(31-13-16)32(28,29)26-9-3-4-15(12-26)21(27)23-11-14-5-7-17(22)8-6-14/h5-8,10,13,15H,2-4,9,11-12H2,1H3,(H,23,27)/t15-/m1/s1. The van der Waals surface area contributed by atoms with E-state index in [1.807, 2.05) is 6.92 Å². The summed E-state index contributed by atoms with van der Waals surface area (Å²) in [5.74, 6) is -0.143. The molecule has 1 amide bonds. The summed E-state index contributed by atoms with van der Waals surface area (Å²) in [5, 5.41) is 8.40. The number of piperidine rings is 1. The third-order valence-corrected chi connectivity index (χ3v) is 8.61. The number of rotatable bonds is 7. The third-order valence-electron chi connectivity index (χ3n) is 5.33. The quantitative estimate of drug-likeness (QED) is 0.559. The fourth-order valence-corrected chi connectivity index (χ4v) is 6.36. The summed E-state index contributed by atoms with van der Waals surface area (Å²) in [6.45, 7) is 2.64. The van der Waals surface area contributed by atoms with E-state index in [1.165, 1.54) is 16.4 Å². The topological polar surface area (TPSA) is 105 Å². The lowest BCUT2D eigenvalue weighted by Crippen LogP contribution is -2.45. The van der Waals surface area contributed by atoms with Crippen LogP contribution < -0.4 is 5.32 Å². The zero-order valence-corrected chi connectivity index (χ0v) is 19.1. The molecule has 3 aromatic rings. The first-order valence-electron chi connectivity index (χ1n) is 10.3. The molecule has 4 rings (SSSR count). The van der Waals surface area contributed by atoms with Gasteiger partial charge in [0, 0.05) is 37.0 Å². The van der Waals surface area contributed by atoms with Crippen LogP contribution in [-0.4, -0.2) is 41.9 Å². The summed E-state index contributed by atoms with van der Waals surface area (Å²) >= 11 is 1.10. The van der Waals surface area contributed by atoms with Crippen LogP contribution in [0.25, 0.3) is 11.4 Å². The van der Waals surface area contributed by atoms with Crippen molar-refractivity contribution in [3.8, 4) is 11.4 Å². The van der Waals surface area contributed by atoms with Crippen LogP contribution in [0.4, 0.5) is 4.39 Å². The van der Waals surface area contributed by atoms with Crippen LogP contribution in [0.2, 0.25) is 0 Å². The molecule has 32 heavy (non-hydrogen) atoms. The zero-order chi connectivity index (χ0) is 22.7. The Labute approximate surface area is 189 Å². The van der Waals surface area contributed by atoms with Crippen LogP contribution in [0.5, 0.6) is 0 Å². The monoisotopic (exact) mass is 478 g/mol. The molecule has 0 radical (unpaired) electrons. The van der Waals surface area contributed by atoms with Crippen LogP contribution >= 0.6 is 11.3 Å². The number of thiophene rings is 1. The van der Waals surface area contributed by atoms with E-state index in [1.54, 1.807) is 23.6 Å². The van der Waals surface area contributed by atoms with Crippen molar-refractivity contribution >= 4 is 27.3 Å². The number of hydrogen-bond donors (Lipinski definition) is 1. The molecule has 1 aromatic carbocycles. The van der Waals surface area contributed by atoms with Crippen molar-refractivity contribution in [3.05, 3.63) is 53.0 Å². The number of benzene rings is 1. The number of nitrogens with zero attached hydrogens (tertiary/aromatic N) is 3. The molecule has 11 heteroatoms. The van der Waals surface area contributed by atoms with Crippen LogP contribution in [0.1, 0.15) is 31.2 Å². The van der Waals surface area contributed by atoms with Crippen molar-refractivity contribution in [3.63, 3.8) is 0 Å². The maximum atomic E-state index is 13.2. The highest BCUT2D eigenvalue weighted by Crippen LogP contribution is 2.31. The average molecular weight is 479 g/mol. The van der Waals surface area contributed by atoms with E-state index < -0.39 is 15.9 Å². The maximum absolute atomic E-state index is 13.2. The van der Waals surface area contributed by atoms with Gasteiger partial charge in [0.15, 0.2) is 0 Å². The maximum Gasteiger partial charge on any atom is 0.252 e. The molecule has 3 heterocycles. The highest BCUT2D eigenvalue weighted by atomic mass is 32.2. The van der Waals surface area contributed by atoms with Gasteiger partial charge in [-0.2, -0.15) is 9.29 Å². The lowest BCUT2D eigenvalue weighted by Gasteiger charge is -2.30. The van der Waals surface area contributed by atoms with Gasteiger partial charge in [-0.15, -0.1) is 11.3 Å². The Bertz CT molecular complexity index is 1190. The Kier molecular flexibility index (Phi) is 6.68. The Morgan fingerprint density at radius 2 is 2.12 bits per heavy atom. The second-order valence-electron chi connectivity index (χ2n) is 7.57. The molecule has 1 aliphatic rings. The molecular weight excluding hydrogens is 455 g/mol. The van der Waals surface area contributed by atoms with Crippen molar-refractivity contribution in [1.29, 1.82) is 0 Å². The first-order valence-corrected chi connectivity index (χ1v) is 12.6. The second-order valence-corrected chi connectivity index (χ2v) is 10.6. The molecule has 0 unspecified atom stereocenters. The van der Waals surface area contributed by atoms with Gasteiger partial charge in [0.2, 0.25) is 17.6 Å². The lowest BCUT2D eigenvalue weighted by molar-refractivity contribution is -0.126. The van der Waals surface area contributed by atoms with Gasteiger partial charge < -0.3 is 9.84 Å². The van der Waals surface area contributed by atoms with E-state index in [2.05, 4.69) is 15.5 Å². The lowest BCUT2D eigenvalue weighted by atomic mass is 9.99. The summed E-state index contributed by atoms with van der Waals surface area (Å²) in [6.07, 6.45) is 1.80. The zero-order valence-electron chi connectivity index (χ0n) is 17.5. The van der Waals surface area contributed by atoms with E-state index in [-0.39, 0.29) is 29.0 Å². The van der Waals surface area contributed by atoms with E-state index in [4.69, 9.17) is 4.52 Å². The fourth-order valence-electron chi connectivity index (χ4n) is 3.52. The van der Waals surface area contributed by atoms with Crippen molar-refractivity contribution in [2.45, 2.75) is 36.9 Å². The summed E-state index contributed by atoms with van der Waals surface area (Å²) in [7, 11) is -3.74. The minimum atomic E-state index is -3.74. The van der Waals surface area contributed by atoms with Gasteiger partial charge in [-0.3, -0.25) is 4.79 Å². The number of sulfonamides is 1. The molecule has 0 saturated carbocycles. The molecule has 8 nitrogen and oxygen atoms in total. The largest absolute Gasteiger partial charge is 0.352 e. The molecule has 1 fully saturated rings.